The van der Waals surface area contributed by atoms with Crippen molar-refractivity contribution in [2.45, 2.75) is 38.1 Å². The predicted molar refractivity (Wildman–Crippen MR) is 120 cm³/mol. The van der Waals surface area contributed by atoms with Crippen LogP contribution in [-0.2, 0) is 16.8 Å². The summed E-state index contributed by atoms with van der Waals surface area (Å²) < 4.78 is 3.29. The van der Waals surface area contributed by atoms with E-state index in [0.29, 0.717) is 41.7 Å². The Morgan fingerprint density at radius 2 is 2.22 bits per heavy atom. The lowest BCUT2D eigenvalue weighted by molar-refractivity contribution is -0.121. The Balaban J connectivity index is 1.41. The fraction of sp³-hybridized carbons (Fsp3) is 0.450. The van der Waals surface area contributed by atoms with Gasteiger partial charge >= 0.3 is 0 Å². The standard InChI is InChI=1S/C20H24ClN9O2/c1-12-15(21)19-26-18(16(23-2)17(22)30(19)27-12)24-8-3-13-4-9-29(28-13)20(6-7-20)11-25-14(32)5-10-31/h4,9,31H,3,5-8,10-11,22H2,1H3,(H,24,26)(H,25,32). The number of aliphatic hydroxyl groups is 1. The zero-order valence-electron chi connectivity index (χ0n) is 17.6. The molecule has 4 rings (SSSR count). The second-order valence-corrected chi connectivity index (χ2v) is 8.22. The van der Waals surface area contributed by atoms with Crippen LogP contribution in [0.25, 0.3) is 10.5 Å². The Labute approximate surface area is 189 Å². The predicted octanol–water partition coefficient (Wildman–Crippen LogP) is 1.66. The van der Waals surface area contributed by atoms with Gasteiger partial charge in [-0.2, -0.15) is 10.2 Å². The minimum Gasteiger partial charge on any atom is -0.396 e. The molecule has 0 aromatic carbocycles. The van der Waals surface area contributed by atoms with Gasteiger partial charge in [0.2, 0.25) is 5.91 Å². The van der Waals surface area contributed by atoms with Crippen LogP contribution in [0.3, 0.4) is 0 Å². The zero-order valence-corrected chi connectivity index (χ0v) is 18.4. The van der Waals surface area contributed by atoms with E-state index in [1.807, 2.05) is 16.9 Å². The fourth-order valence-corrected chi connectivity index (χ4v) is 3.69. The van der Waals surface area contributed by atoms with Gasteiger partial charge in [-0.05, 0) is 25.8 Å². The molecule has 0 bridgehead atoms. The Morgan fingerprint density at radius 3 is 2.91 bits per heavy atom. The van der Waals surface area contributed by atoms with Gasteiger partial charge in [-0.25, -0.2) is 14.3 Å². The molecule has 1 amide bonds. The van der Waals surface area contributed by atoms with Crippen LogP contribution < -0.4 is 16.4 Å². The molecule has 11 nitrogen and oxygen atoms in total. The summed E-state index contributed by atoms with van der Waals surface area (Å²) in [7, 11) is 0. The molecule has 0 saturated heterocycles. The van der Waals surface area contributed by atoms with Crippen molar-refractivity contribution in [3.8, 4) is 0 Å². The van der Waals surface area contributed by atoms with E-state index in [4.69, 9.17) is 29.0 Å². The van der Waals surface area contributed by atoms with E-state index < -0.39 is 0 Å². The molecule has 1 fully saturated rings. The molecule has 0 spiro atoms. The summed E-state index contributed by atoms with van der Waals surface area (Å²) in [5.41, 5.74) is 7.98. The lowest BCUT2D eigenvalue weighted by Crippen LogP contribution is -2.36. The van der Waals surface area contributed by atoms with Crippen LogP contribution in [0.2, 0.25) is 5.02 Å². The van der Waals surface area contributed by atoms with Crippen molar-refractivity contribution < 1.29 is 9.90 Å². The molecule has 1 aliphatic carbocycles. The van der Waals surface area contributed by atoms with E-state index in [2.05, 4.69) is 30.7 Å². The highest BCUT2D eigenvalue weighted by molar-refractivity contribution is 6.34. The lowest BCUT2D eigenvalue weighted by atomic mass is 10.2. The Kier molecular flexibility index (Phi) is 5.90. The number of nitrogens with one attached hydrogen (secondary N) is 2. The van der Waals surface area contributed by atoms with Crippen LogP contribution in [0, 0.1) is 13.5 Å². The number of fused-ring (bicyclic) bond motifs is 1. The van der Waals surface area contributed by atoms with E-state index in [0.717, 1.165) is 18.5 Å². The number of aliphatic hydroxyl groups excluding tert-OH is 1. The molecule has 3 heterocycles. The van der Waals surface area contributed by atoms with Gasteiger partial charge in [0.25, 0.3) is 5.69 Å². The molecule has 12 heteroatoms. The SMILES string of the molecule is [C-]#[N+]c1c(NCCc2ccn(C3(CNC(=O)CCO)CC3)n2)nc2c(Cl)c(C)nn2c1N. The van der Waals surface area contributed by atoms with E-state index in [1.165, 1.54) is 4.52 Å². The number of nitrogen functional groups attached to an aromatic ring is 1. The lowest BCUT2D eigenvalue weighted by Gasteiger charge is -2.16. The topological polar surface area (TPSA) is 140 Å². The van der Waals surface area contributed by atoms with Gasteiger partial charge in [-0.3, -0.25) is 9.48 Å². The molecule has 1 aliphatic rings. The summed E-state index contributed by atoms with van der Waals surface area (Å²) in [6.45, 7) is 10.0. The third-order valence-electron chi connectivity index (χ3n) is 5.57. The number of hydrogen-bond acceptors (Lipinski definition) is 7. The van der Waals surface area contributed by atoms with Crippen LogP contribution in [0.5, 0.6) is 0 Å². The summed E-state index contributed by atoms with van der Waals surface area (Å²) in [5, 5.41) is 24.2. The number of carbonyl (C=O) groups is 1. The van der Waals surface area contributed by atoms with Gasteiger partial charge < -0.3 is 21.5 Å². The number of aromatic nitrogens is 5. The average molecular weight is 458 g/mol. The third kappa shape index (κ3) is 4.06. The van der Waals surface area contributed by atoms with Crippen LogP contribution in [0.4, 0.5) is 17.3 Å². The van der Waals surface area contributed by atoms with Crippen molar-refractivity contribution >= 4 is 40.5 Å². The highest BCUT2D eigenvalue weighted by atomic mass is 35.5. The van der Waals surface area contributed by atoms with Crippen molar-refractivity contribution in [1.82, 2.24) is 29.7 Å². The van der Waals surface area contributed by atoms with Crippen LogP contribution in [0.15, 0.2) is 12.3 Å². The Bertz CT molecular complexity index is 1210. The number of carbonyl (C=O) groups excluding carboxylic acids is 1. The van der Waals surface area contributed by atoms with E-state index in [9.17, 15) is 4.79 Å². The quantitative estimate of drug-likeness (QED) is 0.358. The molecular weight excluding hydrogens is 434 g/mol. The maximum atomic E-state index is 11.7. The first-order valence-electron chi connectivity index (χ1n) is 10.3. The van der Waals surface area contributed by atoms with Gasteiger partial charge in [0, 0.05) is 32.1 Å². The second-order valence-electron chi connectivity index (χ2n) is 7.84. The molecule has 168 valence electrons. The molecule has 5 N–H and O–H groups in total. The second kappa shape index (κ2) is 8.64. The summed E-state index contributed by atoms with van der Waals surface area (Å²) in [4.78, 5) is 19.6. The maximum Gasteiger partial charge on any atom is 0.268 e. The summed E-state index contributed by atoms with van der Waals surface area (Å²) >= 11 is 6.27. The number of nitrogens with zero attached hydrogens (tertiary/aromatic N) is 6. The number of hydrogen-bond donors (Lipinski definition) is 4. The first kappa shape index (κ1) is 21.9. The summed E-state index contributed by atoms with van der Waals surface area (Å²) in [6.07, 6.45) is 4.51. The number of rotatable bonds is 9. The first-order chi connectivity index (χ1) is 15.4. The molecule has 3 aromatic heterocycles. The Morgan fingerprint density at radius 1 is 1.44 bits per heavy atom. The fourth-order valence-electron chi connectivity index (χ4n) is 3.53. The van der Waals surface area contributed by atoms with E-state index >= 15 is 0 Å². The van der Waals surface area contributed by atoms with Crippen molar-refractivity contribution in [2.24, 2.45) is 0 Å². The number of anilines is 2. The van der Waals surface area contributed by atoms with Crippen molar-refractivity contribution in [1.29, 1.82) is 0 Å². The molecule has 0 atom stereocenters. The Hall–Kier alpha value is -3.36. The minimum absolute atomic E-state index is 0.104. The molecule has 32 heavy (non-hydrogen) atoms. The first-order valence-corrected chi connectivity index (χ1v) is 10.6. The average Bonchev–Trinajstić information content (AvgIpc) is 3.32. The van der Waals surface area contributed by atoms with E-state index in [-0.39, 0.29) is 36.0 Å². The van der Waals surface area contributed by atoms with E-state index in [1.54, 1.807) is 6.92 Å². The molecule has 0 radical (unpaired) electrons. The number of halogens is 1. The molecule has 0 unspecified atom stereocenters. The number of nitrogens with two attached hydrogens (primary N) is 1. The third-order valence-corrected chi connectivity index (χ3v) is 6.02. The van der Waals surface area contributed by atoms with Gasteiger partial charge in [0.05, 0.1) is 30.1 Å². The number of aryl methyl sites for hydroxylation is 1. The van der Waals surface area contributed by atoms with Gasteiger partial charge in [0.15, 0.2) is 5.65 Å². The largest absolute Gasteiger partial charge is 0.396 e. The molecule has 0 aliphatic heterocycles. The summed E-state index contributed by atoms with van der Waals surface area (Å²) in [6, 6.07) is 1.94. The van der Waals surface area contributed by atoms with Crippen LogP contribution in [0.1, 0.15) is 30.7 Å². The van der Waals surface area contributed by atoms with Crippen LogP contribution >= 0.6 is 11.6 Å². The minimum atomic E-state index is -0.189. The highest BCUT2D eigenvalue weighted by Crippen LogP contribution is 2.42. The van der Waals surface area contributed by atoms with Crippen LogP contribution in [-0.4, -0.2) is 55.1 Å². The smallest absolute Gasteiger partial charge is 0.268 e. The summed E-state index contributed by atoms with van der Waals surface area (Å²) in [5.74, 6) is 0.380. The maximum absolute atomic E-state index is 11.7. The van der Waals surface area contributed by atoms with Crippen molar-refractivity contribution in [3.63, 3.8) is 0 Å². The monoisotopic (exact) mass is 457 g/mol. The molecular formula is C20H24ClN9O2. The normalized spacial score (nSPS) is 14.3. The van der Waals surface area contributed by atoms with Gasteiger partial charge in [-0.15, -0.1) is 0 Å². The highest BCUT2D eigenvalue weighted by Gasteiger charge is 2.45. The van der Waals surface area contributed by atoms with Gasteiger partial charge in [-0.1, -0.05) is 11.6 Å². The molecule has 3 aromatic rings. The van der Waals surface area contributed by atoms with Gasteiger partial charge in [0.1, 0.15) is 16.7 Å². The zero-order chi connectivity index (χ0) is 22.9. The number of amides is 1. The molecule has 1 saturated carbocycles. The van der Waals surface area contributed by atoms with Crippen molar-refractivity contribution in [3.05, 3.63) is 40.1 Å². The van der Waals surface area contributed by atoms with Crippen molar-refractivity contribution in [2.75, 3.05) is 30.7 Å².